The van der Waals surface area contributed by atoms with E-state index in [4.69, 9.17) is 5.26 Å². The molecule has 0 radical (unpaired) electrons. The normalized spacial score (nSPS) is 11.4. The van der Waals surface area contributed by atoms with Crippen molar-refractivity contribution in [3.63, 3.8) is 0 Å². The number of rotatable bonds is 7. The van der Waals surface area contributed by atoms with Crippen LogP contribution in [-0.2, 0) is 19.1 Å². The number of benzene rings is 1. The topological polar surface area (TPSA) is 120 Å². The van der Waals surface area contributed by atoms with E-state index in [1.54, 1.807) is 5.97 Å². The molecule has 0 aliphatic heterocycles. The maximum atomic E-state index is 14.5. The third kappa shape index (κ3) is 4.53. The van der Waals surface area contributed by atoms with Crippen molar-refractivity contribution >= 4 is 24.1 Å². The Kier molecular flexibility index (Phi) is 7.19. The summed E-state index contributed by atoms with van der Waals surface area (Å²) in [6.07, 6.45) is 0. The fourth-order valence-electron chi connectivity index (χ4n) is 2.49. The third-order valence-electron chi connectivity index (χ3n) is 3.82. The summed E-state index contributed by atoms with van der Waals surface area (Å²) < 4.78 is 37.9. The van der Waals surface area contributed by atoms with Gasteiger partial charge >= 0.3 is 11.9 Å². The molecular weight excluding hydrogens is 353 g/mol. The molecule has 0 saturated carbocycles. The van der Waals surface area contributed by atoms with Crippen molar-refractivity contribution in [2.45, 2.75) is 12.7 Å². The maximum Gasteiger partial charge on any atom is 0.320 e. The third-order valence-corrected chi connectivity index (χ3v) is 3.82. The van der Waals surface area contributed by atoms with E-state index in [1.807, 2.05) is 0 Å². The van der Waals surface area contributed by atoms with Crippen molar-refractivity contribution in [1.82, 2.24) is 0 Å². The van der Waals surface area contributed by atoms with Gasteiger partial charge in [0.05, 0.1) is 20.1 Å². The van der Waals surface area contributed by atoms with Gasteiger partial charge in [0, 0.05) is 16.5 Å². The predicted octanol–water partition coefficient (Wildman–Crippen LogP) is 0.682. The van der Waals surface area contributed by atoms with Gasteiger partial charge in [0.1, 0.15) is 11.6 Å². The second-order valence-corrected chi connectivity index (χ2v) is 5.39. The lowest BCUT2D eigenvalue weighted by Crippen LogP contribution is -2.37. The molecule has 0 bridgehead atoms. The predicted molar refractivity (Wildman–Crippen MR) is 85.3 cm³/mol. The highest BCUT2D eigenvalue weighted by Crippen LogP contribution is 2.31. The Bertz CT molecular complexity index is 728. The molecule has 1 rings (SSSR count). The van der Waals surface area contributed by atoms with E-state index in [2.05, 4.69) is 9.47 Å². The van der Waals surface area contributed by atoms with Gasteiger partial charge in [0.15, 0.2) is 5.92 Å². The minimum Gasteiger partial charge on any atom is -0.468 e. The number of carbonyl (C=O) groups excluding carboxylic acids is 2. The highest BCUT2D eigenvalue weighted by Gasteiger charge is 2.43. The number of nitriles is 1. The number of esters is 2. The van der Waals surface area contributed by atoms with Crippen LogP contribution in [0.4, 0.5) is 8.78 Å². The Morgan fingerprint density at radius 1 is 1.27 bits per heavy atom. The lowest BCUT2D eigenvalue weighted by atomic mass is 9.48. The Morgan fingerprint density at radius 3 is 2.08 bits per heavy atom. The fraction of sp³-hybridized carbons (Fsp3) is 0.400. The van der Waals surface area contributed by atoms with Gasteiger partial charge < -0.3 is 9.47 Å². The summed E-state index contributed by atoms with van der Waals surface area (Å²) in [4.78, 5) is 33.9. The van der Waals surface area contributed by atoms with E-state index in [0.717, 1.165) is 26.4 Å². The van der Waals surface area contributed by atoms with Crippen LogP contribution < -0.4 is 5.46 Å². The molecule has 8 nitrogen and oxygen atoms in total. The Labute approximate surface area is 147 Å². The first-order chi connectivity index (χ1) is 12.2. The molecule has 1 unspecified atom stereocenters. The molecule has 0 aliphatic rings. The number of methoxy groups -OCH3 is 2. The fourth-order valence-corrected chi connectivity index (χ4v) is 2.49. The summed E-state index contributed by atoms with van der Waals surface area (Å²) in [5.41, 5.74) is -0.810. The Balaban J connectivity index is 3.59. The number of ether oxygens (including phenoxy) is 2. The maximum absolute atomic E-state index is 14.5. The molecule has 0 heterocycles. The Morgan fingerprint density at radius 2 is 1.73 bits per heavy atom. The first-order valence-electron chi connectivity index (χ1n) is 7.33. The summed E-state index contributed by atoms with van der Waals surface area (Å²) in [6, 6.07) is 1.68. The van der Waals surface area contributed by atoms with E-state index in [9.17, 15) is 28.5 Å². The zero-order valence-corrected chi connectivity index (χ0v) is 14.2. The number of nitrogens with zero attached hydrogens (tertiary/aromatic N) is 2. The van der Waals surface area contributed by atoms with Crippen LogP contribution in [0.3, 0.4) is 0 Å². The van der Waals surface area contributed by atoms with Crippen molar-refractivity contribution in [2.24, 2.45) is 5.92 Å². The molecular formula is C15H15BF2N2O6. The molecule has 1 aromatic carbocycles. The molecule has 11 heteroatoms. The minimum absolute atomic E-state index is 0.0128. The van der Waals surface area contributed by atoms with Crippen LogP contribution in [0, 0.1) is 38.9 Å². The first-order valence-corrected chi connectivity index (χ1v) is 7.33. The van der Waals surface area contributed by atoms with Crippen molar-refractivity contribution in [1.29, 1.82) is 5.26 Å². The molecule has 26 heavy (non-hydrogen) atoms. The standard InChI is InChI=1S/C15H15BF2N2O6/c1-16(7-19)8-4-10(17)12(11(18)5-8)9(6-20(23)24)13(14(21)25-2)15(22)26-3/h4-5,9,13H,6H2,1-3H3. The van der Waals surface area contributed by atoms with Crippen molar-refractivity contribution in [2.75, 3.05) is 20.8 Å². The second kappa shape index (κ2) is 8.89. The smallest absolute Gasteiger partial charge is 0.320 e. The molecule has 1 atom stereocenters. The van der Waals surface area contributed by atoms with Crippen molar-refractivity contribution in [3.05, 3.63) is 39.4 Å². The summed E-state index contributed by atoms with van der Waals surface area (Å²) >= 11 is 0. The van der Waals surface area contributed by atoms with Crippen LogP contribution in [0.1, 0.15) is 11.5 Å². The van der Waals surface area contributed by atoms with Crippen LogP contribution >= 0.6 is 0 Å². The van der Waals surface area contributed by atoms with Gasteiger partial charge in [-0.3, -0.25) is 19.7 Å². The Hall–Kier alpha value is -3.03. The minimum atomic E-state index is -1.93. The van der Waals surface area contributed by atoms with Gasteiger partial charge in [-0.1, -0.05) is 12.3 Å². The number of hydrogen-bond acceptors (Lipinski definition) is 7. The van der Waals surface area contributed by atoms with Gasteiger partial charge in [-0.25, -0.2) is 14.0 Å². The van der Waals surface area contributed by atoms with Crippen LogP contribution in [0.15, 0.2) is 12.1 Å². The van der Waals surface area contributed by atoms with Crippen LogP contribution in [0.25, 0.3) is 0 Å². The van der Waals surface area contributed by atoms with Crippen LogP contribution in [0.5, 0.6) is 0 Å². The average Bonchev–Trinajstić information content (AvgIpc) is 2.59. The molecule has 1 aromatic rings. The van der Waals surface area contributed by atoms with Gasteiger partial charge in [-0.15, -0.1) is 0 Å². The van der Waals surface area contributed by atoms with E-state index >= 15 is 0 Å². The summed E-state index contributed by atoms with van der Waals surface area (Å²) in [5.74, 6) is -6.80. The number of carbonyl (C=O) groups is 2. The summed E-state index contributed by atoms with van der Waals surface area (Å²) in [7, 11) is 1.85. The highest BCUT2D eigenvalue weighted by molar-refractivity contribution is 6.78. The van der Waals surface area contributed by atoms with Gasteiger partial charge in [-0.2, -0.15) is 0 Å². The zero-order chi connectivity index (χ0) is 20.0. The number of nitro groups is 1. The number of hydrogen-bond donors (Lipinski definition) is 0. The van der Waals surface area contributed by atoms with Crippen molar-refractivity contribution in [3.8, 4) is 5.97 Å². The molecule has 0 N–H and O–H groups in total. The van der Waals surface area contributed by atoms with E-state index in [0.29, 0.717) is 0 Å². The van der Waals surface area contributed by atoms with Crippen LogP contribution in [0.2, 0.25) is 6.82 Å². The monoisotopic (exact) mass is 368 g/mol. The van der Waals surface area contributed by atoms with E-state index < -0.39 is 59.2 Å². The average molecular weight is 368 g/mol. The molecule has 0 amide bonds. The molecule has 0 saturated heterocycles. The summed E-state index contributed by atoms with van der Waals surface area (Å²) in [6.45, 7) is -0.539. The summed E-state index contributed by atoms with van der Waals surface area (Å²) in [5, 5.41) is 19.8. The van der Waals surface area contributed by atoms with E-state index in [1.165, 1.54) is 6.82 Å². The highest BCUT2D eigenvalue weighted by atomic mass is 19.1. The molecule has 0 aliphatic carbocycles. The van der Waals surface area contributed by atoms with Crippen molar-refractivity contribution < 1.29 is 32.8 Å². The number of halogens is 2. The molecule has 138 valence electrons. The zero-order valence-electron chi connectivity index (χ0n) is 14.2. The van der Waals surface area contributed by atoms with Gasteiger partial charge in [0.25, 0.3) is 6.71 Å². The second-order valence-electron chi connectivity index (χ2n) is 5.39. The van der Waals surface area contributed by atoms with Gasteiger partial charge in [-0.05, 0) is 12.1 Å². The molecule has 0 spiro atoms. The quantitative estimate of drug-likeness (QED) is 0.228. The largest absolute Gasteiger partial charge is 0.468 e. The van der Waals surface area contributed by atoms with Gasteiger partial charge in [0.2, 0.25) is 6.54 Å². The molecule has 0 aromatic heterocycles. The lowest BCUT2D eigenvalue weighted by Gasteiger charge is -2.22. The molecule has 0 fully saturated rings. The van der Waals surface area contributed by atoms with E-state index in [-0.39, 0.29) is 5.46 Å². The SMILES string of the molecule is COC(=O)C(C(=O)OC)C(C[N+](=O)[O-])c1c(F)cc(B(C)C#N)cc1F. The van der Waals surface area contributed by atoms with Crippen LogP contribution in [-0.4, -0.2) is 44.3 Å². The lowest BCUT2D eigenvalue weighted by molar-refractivity contribution is -0.484. The first kappa shape index (κ1) is 21.0.